The van der Waals surface area contributed by atoms with Gasteiger partial charge in [-0.1, -0.05) is 0 Å². The fourth-order valence-electron chi connectivity index (χ4n) is 2.05. The molecule has 5 heteroatoms. The minimum Gasteiger partial charge on any atom is -0.364 e. The lowest BCUT2D eigenvalue weighted by Gasteiger charge is -2.24. The first-order chi connectivity index (χ1) is 7.61. The highest BCUT2D eigenvalue weighted by molar-refractivity contribution is 5.92. The Morgan fingerprint density at radius 3 is 2.81 bits per heavy atom. The van der Waals surface area contributed by atoms with E-state index in [2.05, 4.69) is 5.10 Å². The van der Waals surface area contributed by atoms with E-state index in [1.165, 1.54) is 0 Å². The van der Waals surface area contributed by atoms with E-state index in [4.69, 9.17) is 10.5 Å². The Kier molecular flexibility index (Phi) is 2.96. The number of amides is 1. The van der Waals surface area contributed by atoms with Crippen molar-refractivity contribution in [1.82, 2.24) is 9.78 Å². The largest absolute Gasteiger partial charge is 0.364 e. The minimum absolute atomic E-state index is 0.136. The highest BCUT2D eigenvalue weighted by Gasteiger charge is 2.24. The molecular formula is C11H17N3O2. The van der Waals surface area contributed by atoms with Crippen LogP contribution in [0.3, 0.4) is 0 Å². The minimum atomic E-state index is -0.438. The molecule has 1 aromatic heterocycles. The number of ether oxygens (including phenoxy) is 1. The molecule has 1 amide bonds. The molecule has 1 saturated heterocycles. The summed E-state index contributed by atoms with van der Waals surface area (Å²) in [5.74, 6) is -0.438. The standard InChI is InChI=1S/C11H17N3O2/c1-7-8(2)13-14(10(7)11(12)15)9-5-3-4-6-16-9/h9H,3-6H2,1-2H3,(H2,12,15). The summed E-state index contributed by atoms with van der Waals surface area (Å²) < 4.78 is 7.26. The SMILES string of the molecule is Cc1nn(C2CCCCO2)c(C(N)=O)c1C. The van der Waals surface area contributed by atoms with Gasteiger partial charge in [0.15, 0.2) is 6.23 Å². The second kappa shape index (κ2) is 4.25. The third-order valence-electron chi connectivity index (χ3n) is 3.05. The molecule has 0 bridgehead atoms. The molecule has 1 aliphatic heterocycles. The van der Waals surface area contributed by atoms with Gasteiger partial charge in [-0.25, -0.2) is 4.68 Å². The molecule has 1 fully saturated rings. The summed E-state index contributed by atoms with van der Waals surface area (Å²) in [7, 11) is 0. The van der Waals surface area contributed by atoms with Crippen LogP contribution in [0.25, 0.3) is 0 Å². The third kappa shape index (κ3) is 1.82. The number of hydrogen-bond acceptors (Lipinski definition) is 3. The summed E-state index contributed by atoms with van der Waals surface area (Å²) in [5.41, 5.74) is 7.54. The Labute approximate surface area is 94.6 Å². The van der Waals surface area contributed by atoms with E-state index in [1.54, 1.807) is 4.68 Å². The van der Waals surface area contributed by atoms with Gasteiger partial charge in [-0.2, -0.15) is 5.10 Å². The van der Waals surface area contributed by atoms with Gasteiger partial charge in [0.1, 0.15) is 5.69 Å². The number of primary amides is 1. The van der Waals surface area contributed by atoms with Crippen molar-refractivity contribution in [1.29, 1.82) is 0 Å². The Morgan fingerprint density at radius 1 is 1.50 bits per heavy atom. The highest BCUT2D eigenvalue weighted by atomic mass is 16.5. The van der Waals surface area contributed by atoms with Gasteiger partial charge in [0, 0.05) is 12.2 Å². The highest BCUT2D eigenvalue weighted by Crippen LogP contribution is 2.25. The zero-order chi connectivity index (χ0) is 11.7. The average Bonchev–Trinajstić information content (AvgIpc) is 2.57. The van der Waals surface area contributed by atoms with Crippen molar-refractivity contribution in [2.45, 2.75) is 39.3 Å². The summed E-state index contributed by atoms with van der Waals surface area (Å²) in [6.07, 6.45) is 2.92. The lowest BCUT2D eigenvalue weighted by Crippen LogP contribution is -2.25. The molecule has 1 aliphatic rings. The van der Waals surface area contributed by atoms with Gasteiger partial charge in [0.05, 0.1) is 5.69 Å². The second-order valence-corrected chi connectivity index (χ2v) is 4.19. The maximum Gasteiger partial charge on any atom is 0.267 e. The zero-order valence-electron chi connectivity index (χ0n) is 9.69. The van der Waals surface area contributed by atoms with Crippen LogP contribution in [0.4, 0.5) is 0 Å². The first-order valence-electron chi connectivity index (χ1n) is 5.58. The van der Waals surface area contributed by atoms with Gasteiger partial charge in [0.25, 0.3) is 5.91 Å². The molecule has 0 aliphatic carbocycles. The van der Waals surface area contributed by atoms with Crippen LogP contribution in [0.2, 0.25) is 0 Å². The molecule has 0 spiro atoms. The molecule has 1 aromatic rings. The van der Waals surface area contributed by atoms with E-state index >= 15 is 0 Å². The Hall–Kier alpha value is -1.36. The van der Waals surface area contributed by atoms with Crippen molar-refractivity contribution >= 4 is 5.91 Å². The molecule has 16 heavy (non-hydrogen) atoms. The number of rotatable bonds is 2. The molecule has 5 nitrogen and oxygen atoms in total. The number of carbonyl (C=O) groups excluding carboxylic acids is 1. The van der Waals surface area contributed by atoms with Crippen LogP contribution in [-0.2, 0) is 4.74 Å². The first-order valence-corrected chi connectivity index (χ1v) is 5.58. The molecule has 0 aromatic carbocycles. The number of carbonyl (C=O) groups is 1. The van der Waals surface area contributed by atoms with Crippen LogP contribution >= 0.6 is 0 Å². The number of aryl methyl sites for hydroxylation is 1. The van der Waals surface area contributed by atoms with Gasteiger partial charge in [-0.3, -0.25) is 4.79 Å². The van der Waals surface area contributed by atoms with Gasteiger partial charge >= 0.3 is 0 Å². The molecule has 88 valence electrons. The van der Waals surface area contributed by atoms with E-state index in [-0.39, 0.29) is 6.23 Å². The summed E-state index contributed by atoms with van der Waals surface area (Å²) in [6.45, 7) is 4.46. The topological polar surface area (TPSA) is 70.1 Å². The molecule has 1 atom stereocenters. The van der Waals surface area contributed by atoms with Crippen molar-refractivity contribution < 1.29 is 9.53 Å². The van der Waals surface area contributed by atoms with Gasteiger partial charge in [0.2, 0.25) is 0 Å². The quantitative estimate of drug-likeness (QED) is 0.821. The second-order valence-electron chi connectivity index (χ2n) is 4.19. The molecule has 2 N–H and O–H groups in total. The Morgan fingerprint density at radius 2 is 2.25 bits per heavy atom. The number of nitrogens with zero attached hydrogens (tertiary/aromatic N) is 2. The lowest BCUT2D eigenvalue weighted by atomic mass is 10.1. The normalized spacial score (nSPS) is 21.0. The van der Waals surface area contributed by atoms with Gasteiger partial charge < -0.3 is 10.5 Å². The number of nitrogens with two attached hydrogens (primary N) is 1. The molecular weight excluding hydrogens is 206 g/mol. The van der Waals surface area contributed by atoms with Crippen LogP contribution in [0.1, 0.15) is 47.2 Å². The van der Waals surface area contributed by atoms with Crippen LogP contribution in [0, 0.1) is 13.8 Å². The van der Waals surface area contributed by atoms with Crippen LogP contribution in [0.5, 0.6) is 0 Å². The number of aromatic nitrogens is 2. The summed E-state index contributed by atoms with van der Waals surface area (Å²) in [4.78, 5) is 11.4. The average molecular weight is 223 g/mol. The van der Waals surface area contributed by atoms with Crippen molar-refractivity contribution in [2.75, 3.05) is 6.61 Å². The summed E-state index contributed by atoms with van der Waals surface area (Å²) >= 11 is 0. The van der Waals surface area contributed by atoms with Crippen molar-refractivity contribution in [3.8, 4) is 0 Å². The van der Waals surface area contributed by atoms with E-state index in [0.717, 1.165) is 37.1 Å². The first kappa shape index (κ1) is 11.1. The zero-order valence-corrected chi connectivity index (χ0v) is 9.69. The predicted octanol–water partition coefficient (Wildman–Crippen LogP) is 1.30. The van der Waals surface area contributed by atoms with Crippen molar-refractivity contribution in [3.63, 3.8) is 0 Å². The van der Waals surface area contributed by atoms with Crippen molar-refractivity contribution in [2.24, 2.45) is 5.73 Å². The summed E-state index contributed by atoms with van der Waals surface area (Å²) in [5, 5.41) is 4.35. The van der Waals surface area contributed by atoms with E-state index < -0.39 is 5.91 Å². The van der Waals surface area contributed by atoms with E-state index in [1.807, 2.05) is 13.8 Å². The van der Waals surface area contributed by atoms with Gasteiger partial charge in [-0.15, -0.1) is 0 Å². The number of hydrogen-bond donors (Lipinski definition) is 1. The van der Waals surface area contributed by atoms with Crippen LogP contribution < -0.4 is 5.73 Å². The molecule has 0 saturated carbocycles. The third-order valence-corrected chi connectivity index (χ3v) is 3.05. The van der Waals surface area contributed by atoms with E-state index in [0.29, 0.717) is 5.69 Å². The van der Waals surface area contributed by atoms with Crippen molar-refractivity contribution in [3.05, 3.63) is 17.0 Å². The smallest absolute Gasteiger partial charge is 0.267 e. The summed E-state index contributed by atoms with van der Waals surface area (Å²) in [6, 6.07) is 0. The van der Waals surface area contributed by atoms with Crippen LogP contribution in [0.15, 0.2) is 0 Å². The van der Waals surface area contributed by atoms with E-state index in [9.17, 15) is 4.79 Å². The fraction of sp³-hybridized carbons (Fsp3) is 0.636. The molecule has 1 unspecified atom stereocenters. The van der Waals surface area contributed by atoms with Crippen LogP contribution in [-0.4, -0.2) is 22.3 Å². The maximum absolute atomic E-state index is 11.4. The van der Waals surface area contributed by atoms with Gasteiger partial charge in [-0.05, 0) is 33.1 Å². The molecule has 2 heterocycles. The lowest BCUT2D eigenvalue weighted by molar-refractivity contribution is -0.0407. The monoisotopic (exact) mass is 223 g/mol. The predicted molar refractivity (Wildman–Crippen MR) is 59.1 cm³/mol. The molecule has 0 radical (unpaired) electrons. The Balaban J connectivity index is 2.38. The molecule has 2 rings (SSSR count). The fourth-order valence-corrected chi connectivity index (χ4v) is 2.05. The Bertz CT molecular complexity index is 406. The maximum atomic E-state index is 11.4.